The number of para-hydroxylation sites is 1. The Morgan fingerprint density at radius 3 is 1.34 bits per heavy atom. The average molecular weight is 1680 g/mol. The number of hydrogen-bond acceptors (Lipinski definition) is 22. The van der Waals surface area contributed by atoms with Gasteiger partial charge in [-0.25, -0.2) is 0 Å². The number of aromatic nitrogens is 1. The first-order valence-electron chi connectivity index (χ1n) is 40.1. The monoisotopic (exact) mass is 1680 g/mol. The molecule has 0 saturated carbocycles. The molecule has 4 rings (SSSR count). The van der Waals surface area contributed by atoms with Crippen molar-refractivity contribution in [2.24, 2.45) is 46.4 Å². The van der Waals surface area contributed by atoms with E-state index in [-0.39, 0.29) is 114 Å². The third-order valence-corrected chi connectivity index (χ3v) is 19.2. The molecule has 1 aromatic heterocycles. The number of aliphatic hydroxyl groups excluding tert-OH is 1. The molecule has 0 radical (unpaired) electrons. The van der Waals surface area contributed by atoms with Gasteiger partial charge in [0.1, 0.15) is 84.5 Å². The van der Waals surface area contributed by atoms with Crippen LogP contribution in [-0.4, -0.2) is 231 Å². The van der Waals surface area contributed by atoms with Crippen LogP contribution in [0.4, 0.5) is 0 Å². The van der Waals surface area contributed by atoms with Gasteiger partial charge in [0.15, 0.2) is 5.96 Å². The van der Waals surface area contributed by atoms with Gasteiger partial charge < -0.3 is 129 Å². The van der Waals surface area contributed by atoms with Crippen molar-refractivity contribution in [3.8, 4) is 11.5 Å². The number of rotatable bonds is 54. The Morgan fingerprint density at radius 2 is 0.858 bits per heavy atom. The number of benzene rings is 3. The van der Waals surface area contributed by atoms with Crippen LogP contribution in [0.3, 0.4) is 0 Å². The van der Waals surface area contributed by atoms with Gasteiger partial charge in [0.05, 0.1) is 18.7 Å². The van der Waals surface area contributed by atoms with Crippen molar-refractivity contribution in [1.82, 2.24) is 79.4 Å². The first-order chi connectivity index (χ1) is 56.7. The summed E-state index contributed by atoms with van der Waals surface area (Å²) in [5, 5.41) is 84.4. The normalized spacial score (nSPS) is 14.5. The Kier molecular flexibility index (Phi) is 42.9. The molecule has 0 unspecified atom stereocenters. The molecule has 0 aliphatic heterocycles. The number of carbonyl (C=O) groups excluding carboxylic acids is 14. The molecule has 120 heavy (non-hydrogen) atoms. The van der Waals surface area contributed by atoms with Crippen LogP contribution >= 0.6 is 0 Å². The number of unbranched alkanes of at least 4 members (excludes halogenated alkanes) is 2. The molecule has 14 amide bonds. The summed E-state index contributed by atoms with van der Waals surface area (Å²) in [5.74, 6) is -15.9. The van der Waals surface area contributed by atoms with E-state index in [1.807, 2.05) is 24.3 Å². The molecule has 1 heterocycles. The molecule has 13 atom stereocenters. The summed E-state index contributed by atoms with van der Waals surface area (Å²) in [7, 11) is 0. The molecule has 4 aromatic rings. The number of phenolic OH excluding ortho intramolecular Hbond substituents is 2. The number of H-pyrrole nitrogens is 1. The predicted molar refractivity (Wildman–Crippen MR) is 443 cm³/mol. The number of primary amides is 1. The summed E-state index contributed by atoms with van der Waals surface area (Å²) in [6.45, 7) is 11.4. The van der Waals surface area contributed by atoms with E-state index in [0.717, 1.165) is 23.4 Å². The second kappa shape index (κ2) is 51.3. The fourth-order valence-corrected chi connectivity index (χ4v) is 12.6. The highest BCUT2D eigenvalue weighted by atomic mass is 16.4. The highest BCUT2D eigenvalue weighted by Gasteiger charge is 2.38. The van der Waals surface area contributed by atoms with Crippen molar-refractivity contribution >= 4 is 106 Å². The molecule has 0 saturated heterocycles. The van der Waals surface area contributed by atoms with E-state index in [2.05, 4.69) is 79.4 Å². The van der Waals surface area contributed by atoms with Crippen LogP contribution in [0, 0.1) is 23.2 Å². The maximum atomic E-state index is 14.6. The molecular formula is C80H123N21O19. The fraction of sp³-hybridized carbons (Fsp3) is 0.550. The highest BCUT2D eigenvalue weighted by Crippen LogP contribution is 2.21. The number of carboxylic acids is 1. The average Bonchev–Trinajstić information content (AvgIpc) is 1.70. The van der Waals surface area contributed by atoms with E-state index in [0.29, 0.717) is 24.0 Å². The van der Waals surface area contributed by atoms with Crippen LogP contribution in [0.1, 0.15) is 149 Å². The van der Waals surface area contributed by atoms with Gasteiger partial charge >= 0.3 is 5.97 Å². The van der Waals surface area contributed by atoms with Crippen LogP contribution in [0.5, 0.6) is 11.5 Å². The SMILES string of the molecule is CC(C)C[C@H](NC(=O)[C@H](C)NC(=O)[C@@H](NC(=O)[C@H](Cc1ccc(O)cc1)NC(=O)[C@@H](N)Cc1c[nH]c2ccccc12)C(C)C)C(=O)N[C@@H](CCCCN)C(=O)N[C@@H](CCCNC(=N)N)C(=O)N[C@H](C(=O)NCC(=O)N[C@@H](CCC(N)=O)C(=O)N[C@@H](Cc1ccc(O)cc1)C(=O)N[C@@H](CCCCN)C(=O)N[C@@H](CC(C)C)C(=O)NCC(=O)O)[C@@H](C)O. The van der Waals surface area contributed by atoms with Crippen molar-refractivity contribution in [3.05, 3.63) is 95.7 Å². The zero-order valence-corrected chi connectivity index (χ0v) is 69.2. The number of phenols is 2. The van der Waals surface area contributed by atoms with E-state index >= 15 is 0 Å². The molecule has 0 bridgehead atoms. The van der Waals surface area contributed by atoms with Gasteiger partial charge in [-0.3, -0.25) is 77.3 Å². The lowest BCUT2D eigenvalue weighted by atomic mass is 9.99. The Bertz CT molecular complexity index is 4110. The zero-order chi connectivity index (χ0) is 89.5. The lowest BCUT2D eigenvalue weighted by molar-refractivity contribution is -0.138. The quantitative estimate of drug-likeness (QED) is 0.0116. The fourth-order valence-electron chi connectivity index (χ4n) is 12.6. The van der Waals surface area contributed by atoms with E-state index in [4.69, 9.17) is 34.1 Å². The number of nitrogens with one attached hydrogen (secondary N) is 16. The van der Waals surface area contributed by atoms with Gasteiger partial charge in [0.25, 0.3) is 0 Å². The largest absolute Gasteiger partial charge is 0.508 e. The summed E-state index contributed by atoms with van der Waals surface area (Å²) >= 11 is 0. The van der Waals surface area contributed by atoms with Gasteiger partial charge in [-0.2, -0.15) is 0 Å². The minimum atomic E-state index is -1.88. The number of nitrogens with two attached hydrogens (primary N) is 5. The summed E-state index contributed by atoms with van der Waals surface area (Å²) in [5.41, 5.74) is 31.5. The standard InChI is InChI=1S/C80H123N21O19/c1-42(2)34-59(70(111)90-41-65(107)108)98-72(113)56(19-12-14-32-82)95-76(117)61(36-47-21-25-50(103)26-22-47)99-73(114)58(29-30-63(84)105)92-64(106)40-89-78(119)67(46(8)102)101-74(115)57(20-15-33-87-80(85)86)93-71(112)55(18-11-13-31-81)94-75(116)60(35-43(3)4)96-68(109)45(7)91-79(120)66(44(5)6)100-77(118)62(37-48-23-27-51(104)28-24-48)97-69(110)53(83)38-49-39-88-54-17-10-9-16-52(49)54/h9-10,16-17,21-28,39,42-46,53,55-62,66-67,88,102-104H,11-15,18-20,29-38,40-41,81-83H2,1-8H3,(H2,84,105)(H,89,119)(H,90,111)(H,91,120)(H,92,106)(H,93,112)(H,94,116)(H,95,117)(H,96,109)(H,97,110)(H,98,113)(H,99,114)(H,100,118)(H,101,115)(H,107,108)(H4,85,86,87)/t45-,46+,53-,55-,56-,57-,58-,59-,60-,61-,62-,66-,67-/m0/s1. The Balaban J connectivity index is 1.52. The summed E-state index contributed by atoms with van der Waals surface area (Å²) in [6.07, 6.45) is -0.267. The van der Waals surface area contributed by atoms with Crippen LogP contribution < -0.4 is 103 Å². The maximum absolute atomic E-state index is 14.6. The minimum absolute atomic E-state index is 0.0126. The number of guanidine groups is 1. The van der Waals surface area contributed by atoms with Gasteiger partial charge in [-0.15, -0.1) is 0 Å². The topological polar surface area (TPSA) is 675 Å². The zero-order valence-electron chi connectivity index (χ0n) is 69.2. The van der Waals surface area contributed by atoms with Crippen LogP contribution in [-0.2, 0) is 91.2 Å². The molecule has 0 aliphatic carbocycles. The second-order valence-corrected chi connectivity index (χ2v) is 30.8. The number of carboxylic acid groups (broad SMARTS) is 1. The van der Waals surface area contributed by atoms with E-state index in [9.17, 15) is 92.3 Å². The molecule has 0 fully saturated rings. The molecule has 40 nitrogen and oxygen atoms in total. The van der Waals surface area contributed by atoms with E-state index in [1.165, 1.54) is 43.3 Å². The molecular weight excluding hydrogens is 1560 g/mol. The number of aromatic hydroxyl groups is 2. The van der Waals surface area contributed by atoms with Crippen molar-refractivity contribution in [1.29, 1.82) is 5.41 Å². The van der Waals surface area contributed by atoms with Crippen molar-refractivity contribution in [2.45, 2.75) is 230 Å². The molecule has 30 N–H and O–H groups in total. The molecule has 0 aliphatic rings. The molecule has 40 heteroatoms. The van der Waals surface area contributed by atoms with Crippen LogP contribution in [0.25, 0.3) is 10.9 Å². The number of aliphatic hydroxyl groups is 1. The van der Waals surface area contributed by atoms with Crippen molar-refractivity contribution in [2.75, 3.05) is 32.7 Å². The van der Waals surface area contributed by atoms with Gasteiger partial charge in [0, 0.05) is 42.9 Å². The third kappa shape index (κ3) is 36.0. The number of aliphatic carboxylic acids is 1. The number of aromatic amines is 1. The summed E-state index contributed by atoms with van der Waals surface area (Å²) in [4.78, 5) is 210. The first kappa shape index (κ1) is 100. The van der Waals surface area contributed by atoms with Crippen LogP contribution in [0.15, 0.2) is 79.0 Å². The van der Waals surface area contributed by atoms with Crippen molar-refractivity contribution < 1.29 is 92.3 Å². The number of fused-ring (bicyclic) bond motifs is 1. The Morgan fingerprint density at radius 1 is 0.433 bits per heavy atom. The van der Waals surface area contributed by atoms with Crippen LogP contribution in [0.2, 0.25) is 0 Å². The van der Waals surface area contributed by atoms with E-state index < -0.39 is 205 Å². The number of carbonyl (C=O) groups is 15. The minimum Gasteiger partial charge on any atom is -0.508 e. The Labute approximate surface area is 696 Å². The van der Waals surface area contributed by atoms with E-state index in [1.54, 1.807) is 59.9 Å². The Hall–Kier alpha value is -12.0. The molecule has 3 aromatic carbocycles. The smallest absolute Gasteiger partial charge is 0.322 e. The van der Waals surface area contributed by atoms with Gasteiger partial charge in [0.2, 0.25) is 82.7 Å². The lowest BCUT2D eigenvalue weighted by Gasteiger charge is -2.29. The lowest BCUT2D eigenvalue weighted by Crippen LogP contribution is -2.61. The summed E-state index contributed by atoms with van der Waals surface area (Å²) < 4.78 is 0. The predicted octanol–water partition coefficient (Wildman–Crippen LogP) is -3.48. The van der Waals surface area contributed by atoms with Crippen molar-refractivity contribution in [3.63, 3.8) is 0 Å². The first-order valence-corrected chi connectivity index (χ1v) is 40.1. The molecule has 0 spiro atoms. The maximum Gasteiger partial charge on any atom is 0.322 e. The number of amides is 14. The third-order valence-electron chi connectivity index (χ3n) is 19.2. The second-order valence-electron chi connectivity index (χ2n) is 30.8. The highest BCUT2D eigenvalue weighted by molar-refractivity contribution is 6.00. The summed E-state index contributed by atoms with van der Waals surface area (Å²) in [6, 6.07) is 1.64. The molecule has 662 valence electrons. The van der Waals surface area contributed by atoms with Gasteiger partial charge in [-0.1, -0.05) is 84.0 Å². The van der Waals surface area contributed by atoms with Gasteiger partial charge in [-0.05, 0) is 169 Å². The number of hydrogen-bond donors (Lipinski definition) is 25.